The Kier molecular flexibility index (Phi) is 6.11. The first-order chi connectivity index (χ1) is 14.9. The number of benzene rings is 1. The van der Waals surface area contributed by atoms with Gasteiger partial charge in [0.05, 0.1) is 5.52 Å². The molecule has 31 heavy (non-hydrogen) atoms. The van der Waals surface area contributed by atoms with Crippen LogP contribution in [0.3, 0.4) is 0 Å². The number of nitrogens with zero attached hydrogens (tertiary/aromatic N) is 3. The smallest absolute Gasteiger partial charge is 0.324 e. The van der Waals surface area contributed by atoms with Crippen molar-refractivity contribution in [2.45, 2.75) is 72.3 Å². The number of carbonyl (C=O) groups is 2. The van der Waals surface area contributed by atoms with Crippen LogP contribution in [-0.4, -0.2) is 58.5 Å². The summed E-state index contributed by atoms with van der Waals surface area (Å²) in [5.41, 5.74) is 8.37. The van der Waals surface area contributed by atoms with E-state index in [1.54, 1.807) is 11.8 Å². The summed E-state index contributed by atoms with van der Waals surface area (Å²) in [6.45, 7) is 13.5. The topological polar surface area (TPSA) is 57.6 Å². The molecule has 6 heteroatoms. The number of likely N-dealkylation sites (tertiary alicyclic amines) is 1. The number of hydrogen-bond acceptors (Lipinski definition) is 3. The third-order valence-electron chi connectivity index (χ3n) is 7.36. The Labute approximate surface area is 185 Å². The number of aromatic nitrogens is 1. The molecule has 2 aromatic rings. The maximum atomic E-state index is 12.9. The van der Waals surface area contributed by atoms with Crippen LogP contribution in [0, 0.1) is 6.92 Å². The third-order valence-corrected chi connectivity index (χ3v) is 7.36. The molecule has 0 saturated carbocycles. The summed E-state index contributed by atoms with van der Waals surface area (Å²) in [5, 5.41) is 1.20. The van der Waals surface area contributed by atoms with Crippen LogP contribution in [0.1, 0.15) is 80.1 Å². The van der Waals surface area contributed by atoms with Gasteiger partial charge in [0.2, 0.25) is 0 Å². The number of nitrogens with one attached hydrogen (secondary N) is 1. The molecule has 1 aromatic heterocycles. The van der Waals surface area contributed by atoms with Crippen molar-refractivity contribution in [2.75, 3.05) is 31.6 Å². The van der Waals surface area contributed by atoms with Crippen LogP contribution in [-0.2, 0) is 6.42 Å². The van der Waals surface area contributed by atoms with Gasteiger partial charge in [-0.2, -0.15) is 0 Å². The van der Waals surface area contributed by atoms with Gasteiger partial charge in [0.15, 0.2) is 5.78 Å². The number of ketones is 1. The van der Waals surface area contributed by atoms with Gasteiger partial charge in [-0.1, -0.05) is 13.0 Å². The van der Waals surface area contributed by atoms with Gasteiger partial charge in [-0.3, -0.25) is 14.4 Å². The lowest BCUT2D eigenvalue weighted by molar-refractivity contribution is 0.101. The van der Waals surface area contributed by atoms with Gasteiger partial charge in [-0.15, -0.1) is 0 Å². The number of amides is 2. The van der Waals surface area contributed by atoms with Crippen molar-refractivity contribution in [1.29, 1.82) is 0 Å². The fraction of sp³-hybridized carbons (Fsp3) is 0.600. The van der Waals surface area contributed by atoms with Crippen molar-refractivity contribution in [3.05, 3.63) is 34.5 Å². The maximum Gasteiger partial charge on any atom is 0.336 e. The first kappa shape index (κ1) is 21.9. The number of Topliss-reactive ketones (excluding diaryl/α,β-unsaturated/α-hetero) is 1. The Morgan fingerprint density at radius 3 is 2.58 bits per heavy atom. The van der Waals surface area contributed by atoms with Crippen LogP contribution in [0.2, 0.25) is 0 Å². The monoisotopic (exact) mass is 424 g/mol. The summed E-state index contributed by atoms with van der Waals surface area (Å²) in [4.78, 5) is 29.9. The Morgan fingerprint density at radius 2 is 1.94 bits per heavy atom. The van der Waals surface area contributed by atoms with Gasteiger partial charge >= 0.3 is 6.03 Å². The molecule has 1 aliphatic carbocycles. The van der Waals surface area contributed by atoms with Crippen molar-refractivity contribution >= 4 is 22.7 Å². The normalized spacial score (nSPS) is 20.5. The van der Waals surface area contributed by atoms with Crippen molar-refractivity contribution < 1.29 is 9.59 Å². The van der Waals surface area contributed by atoms with Crippen LogP contribution in [0.5, 0.6) is 0 Å². The van der Waals surface area contributed by atoms with Gasteiger partial charge in [0.25, 0.3) is 0 Å². The molecule has 0 spiro atoms. The number of hydrogen-bond donors (Lipinski definition) is 1. The fourth-order valence-corrected chi connectivity index (χ4v) is 5.83. The molecule has 4 rings (SSSR count). The molecule has 0 radical (unpaired) electrons. The minimum Gasteiger partial charge on any atom is -0.324 e. The molecule has 6 nitrogen and oxygen atoms in total. The molecule has 1 saturated heterocycles. The minimum absolute atomic E-state index is 0.0346. The third kappa shape index (κ3) is 3.55. The van der Waals surface area contributed by atoms with E-state index in [2.05, 4.69) is 30.2 Å². The zero-order chi connectivity index (χ0) is 22.3. The lowest BCUT2D eigenvalue weighted by atomic mass is 9.74. The quantitative estimate of drug-likeness (QED) is 0.686. The van der Waals surface area contributed by atoms with Gasteiger partial charge in [0.1, 0.15) is 0 Å². The second-order valence-corrected chi connectivity index (χ2v) is 9.03. The first-order valence-corrected chi connectivity index (χ1v) is 11.9. The Bertz CT molecular complexity index is 1000. The Morgan fingerprint density at radius 1 is 1.19 bits per heavy atom. The van der Waals surface area contributed by atoms with Crippen molar-refractivity contribution in [2.24, 2.45) is 0 Å². The van der Waals surface area contributed by atoms with E-state index in [9.17, 15) is 9.59 Å². The van der Waals surface area contributed by atoms with E-state index in [1.807, 2.05) is 24.6 Å². The van der Waals surface area contributed by atoms with Gasteiger partial charge in [-0.05, 0) is 83.7 Å². The molecule has 0 bridgehead atoms. The minimum atomic E-state index is -0.124. The lowest BCUT2D eigenvalue weighted by Gasteiger charge is -2.44. The standard InChI is InChI=1S/C25H36N4O2/c1-6-13-28-14-9-10-19-20-12-11-18(17(5)30)24-23(20)21(15-22(19)28)16(4)29(24)26-25(31)27(7-2)8-3/h11-12,19,22H,6-10,13-15H2,1-5H3,(H,26,31)/t19-,22-/m1/s1. The summed E-state index contributed by atoms with van der Waals surface area (Å²) in [7, 11) is 0. The number of carbonyl (C=O) groups excluding carboxylic acids is 2. The molecule has 2 atom stereocenters. The summed E-state index contributed by atoms with van der Waals surface area (Å²) < 4.78 is 1.90. The van der Waals surface area contributed by atoms with Crippen LogP contribution in [0.4, 0.5) is 4.79 Å². The second kappa shape index (κ2) is 8.65. The second-order valence-electron chi connectivity index (χ2n) is 9.03. The highest BCUT2D eigenvalue weighted by atomic mass is 16.2. The predicted octanol–water partition coefficient (Wildman–Crippen LogP) is 4.67. The van der Waals surface area contributed by atoms with E-state index in [0.717, 1.165) is 37.1 Å². The molecule has 2 aliphatic rings. The molecule has 1 aliphatic heterocycles. The maximum absolute atomic E-state index is 12.9. The molecular formula is C25H36N4O2. The summed E-state index contributed by atoms with van der Waals surface area (Å²) in [5.74, 6) is 0.525. The summed E-state index contributed by atoms with van der Waals surface area (Å²) in [6.07, 6.45) is 4.55. The molecule has 2 amide bonds. The number of rotatable bonds is 6. The van der Waals surface area contributed by atoms with Crippen LogP contribution in [0.15, 0.2) is 12.1 Å². The average molecular weight is 425 g/mol. The molecular weight excluding hydrogens is 388 g/mol. The van der Waals surface area contributed by atoms with Gasteiger partial charge in [-0.25, -0.2) is 10.2 Å². The summed E-state index contributed by atoms with van der Waals surface area (Å²) in [6, 6.07) is 4.54. The molecule has 1 N–H and O–H groups in total. The van der Waals surface area contributed by atoms with E-state index >= 15 is 0 Å². The van der Waals surface area contributed by atoms with Crippen molar-refractivity contribution in [3.63, 3.8) is 0 Å². The first-order valence-electron chi connectivity index (χ1n) is 11.9. The van der Waals surface area contributed by atoms with E-state index in [0.29, 0.717) is 30.6 Å². The highest BCUT2D eigenvalue weighted by molar-refractivity contribution is 6.09. The summed E-state index contributed by atoms with van der Waals surface area (Å²) >= 11 is 0. The molecule has 1 aromatic carbocycles. The molecule has 0 unspecified atom stereocenters. The number of piperidine rings is 1. The van der Waals surface area contributed by atoms with Gasteiger partial charge < -0.3 is 4.90 Å². The number of fused-ring (bicyclic) bond motifs is 2. The van der Waals surface area contributed by atoms with Crippen LogP contribution < -0.4 is 5.43 Å². The number of urea groups is 1. The van der Waals surface area contributed by atoms with E-state index in [-0.39, 0.29) is 11.8 Å². The molecule has 2 heterocycles. The fourth-order valence-electron chi connectivity index (χ4n) is 5.83. The van der Waals surface area contributed by atoms with Crippen molar-refractivity contribution in [1.82, 2.24) is 14.5 Å². The SMILES string of the molecule is CCCN1CCC[C@@H]2c3ccc(C(C)=O)c4c3c(c(C)n4NC(=O)N(CC)CC)C[C@H]21. The van der Waals surface area contributed by atoms with Gasteiger partial charge in [0, 0.05) is 41.7 Å². The molecule has 1 fully saturated rings. The largest absolute Gasteiger partial charge is 0.336 e. The van der Waals surface area contributed by atoms with E-state index in [1.165, 1.54) is 29.4 Å². The van der Waals surface area contributed by atoms with Crippen LogP contribution >= 0.6 is 0 Å². The average Bonchev–Trinajstić information content (AvgIpc) is 3.02. The molecule has 168 valence electrons. The Balaban J connectivity index is 1.89. The van der Waals surface area contributed by atoms with E-state index < -0.39 is 0 Å². The zero-order valence-electron chi connectivity index (χ0n) is 19.6. The van der Waals surface area contributed by atoms with E-state index in [4.69, 9.17) is 0 Å². The van der Waals surface area contributed by atoms with Crippen molar-refractivity contribution in [3.8, 4) is 0 Å². The van der Waals surface area contributed by atoms with Crippen LogP contribution in [0.25, 0.3) is 10.9 Å². The highest BCUT2D eigenvalue weighted by Gasteiger charge is 2.39. The highest BCUT2D eigenvalue weighted by Crippen LogP contribution is 2.46. The predicted molar refractivity (Wildman–Crippen MR) is 126 cm³/mol. The Hall–Kier alpha value is -2.34. The lowest BCUT2D eigenvalue weighted by Crippen LogP contribution is -2.47. The zero-order valence-corrected chi connectivity index (χ0v) is 19.6.